The third-order valence-electron chi connectivity index (χ3n) is 3.09. The zero-order valence-corrected chi connectivity index (χ0v) is 10.9. The van der Waals surface area contributed by atoms with Crippen molar-refractivity contribution >= 4 is 24.0 Å². The van der Waals surface area contributed by atoms with Crippen molar-refractivity contribution < 1.29 is 9.13 Å². The van der Waals surface area contributed by atoms with Crippen LogP contribution in [0, 0.1) is 11.7 Å². The Morgan fingerprint density at radius 1 is 1.35 bits per heavy atom. The second-order valence-electron chi connectivity index (χ2n) is 4.14. The van der Waals surface area contributed by atoms with Crippen molar-refractivity contribution in [3.8, 4) is 0 Å². The molecule has 1 heterocycles. The molecule has 2 N–H and O–H groups in total. The number of rotatable bonds is 2. The van der Waals surface area contributed by atoms with E-state index in [2.05, 4.69) is 0 Å². The van der Waals surface area contributed by atoms with E-state index in [1.54, 1.807) is 6.07 Å². The second kappa shape index (κ2) is 6.55. The molecule has 0 spiro atoms. The number of hydrogen-bond donors (Lipinski definition) is 1. The van der Waals surface area contributed by atoms with Gasteiger partial charge in [-0.1, -0.05) is 11.6 Å². The van der Waals surface area contributed by atoms with Crippen LogP contribution in [0.3, 0.4) is 0 Å². The smallest absolute Gasteiger partial charge is 0.123 e. The first kappa shape index (κ1) is 14.7. The first-order valence-electron chi connectivity index (χ1n) is 5.47. The van der Waals surface area contributed by atoms with Gasteiger partial charge in [0.1, 0.15) is 5.82 Å². The number of ether oxygens (including phenoxy) is 1. The topological polar surface area (TPSA) is 35.2 Å². The predicted octanol–water partition coefficient (Wildman–Crippen LogP) is 3.33. The van der Waals surface area contributed by atoms with Gasteiger partial charge < -0.3 is 10.5 Å². The molecule has 1 saturated heterocycles. The lowest BCUT2D eigenvalue weighted by Crippen LogP contribution is -2.27. The highest BCUT2D eigenvalue weighted by atomic mass is 35.5. The quantitative estimate of drug-likeness (QED) is 0.901. The summed E-state index contributed by atoms with van der Waals surface area (Å²) in [6.07, 6.45) is 1.82. The summed E-state index contributed by atoms with van der Waals surface area (Å²) >= 11 is 6.03. The summed E-state index contributed by atoms with van der Waals surface area (Å²) in [5.41, 5.74) is 6.84. The van der Waals surface area contributed by atoms with Crippen LogP contribution in [-0.2, 0) is 4.74 Å². The van der Waals surface area contributed by atoms with Crippen molar-refractivity contribution in [3.63, 3.8) is 0 Å². The molecule has 17 heavy (non-hydrogen) atoms. The molecule has 0 amide bonds. The minimum atomic E-state index is -0.290. The van der Waals surface area contributed by atoms with Gasteiger partial charge in [-0.2, -0.15) is 0 Å². The van der Waals surface area contributed by atoms with E-state index in [0.29, 0.717) is 16.5 Å². The van der Waals surface area contributed by atoms with E-state index in [-0.39, 0.29) is 24.3 Å². The van der Waals surface area contributed by atoms with Crippen LogP contribution in [0.1, 0.15) is 24.4 Å². The average molecular weight is 280 g/mol. The van der Waals surface area contributed by atoms with Gasteiger partial charge in [0.25, 0.3) is 0 Å². The molecule has 0 saturated carbocycles. The maximum Gasteiger partial charge on any atom is 0.123 e. The highest BCUT2D eigenvalue weighted by molar-refractivity contribution is 6.31. The zero-order chi connectivity index (χ0) is 11.5. The fourth-order valence-electron chi connectivity index (χ4n) is 2.10. The van der Waals surface area contributed by atoms with Gasteiger partial charge in [-0.05, 0) is 42.5 Å². The molecule has 0 bridgehead atoms. The molecule has 0 unspecified atom stereocenters. The highest BCUT2D eigenvalue weighted by Gasteiger charge is 2.24. The lowest BCUT2D eigenvalue weighted by atomic mass is 9.88. The molecule has 1 aromatic carbocycles. The fourth-order valence-corrected chi connectivity index (χ4v) is 2.34. The molecule has 5 heteroatoms. The summed E-state index contributed by atoms with van der Waals surface area (Å²) in [4.78, 5) is 0. The van der Waals surface area contributed by atoms with Gasteiger partial charge in [0, 0.05) is 24.3 Å². The van der Waals surface area contributed by atoms with Gasteiger partial charge in [-0.25, -0.2) is 4.39 Å². The van der Waals surface area contributed by atoms with Crippen LogP contribution in [0.2, 0.25) is 5.02 Å². The van der Waals surface area contributed by atoms with E-state index in [1.165, 1.54) is 12.1 Å². The largest absolute Gasteiger partial charge is 0.381 e. The summed E-state index contributed by atoms with van der Waals surface area (Å²) in [6, 6.07) is 4.14. The van der Waals surface area contributed by atoms with Gasteiger partial charge in [-0.3, -0.25) is 0 Å². The maximum absolute atomic E-state index is 13.1. The van der Waals surface area contributed by atoms with E-state index < -0.39 is 0 Å². The van der Waals surface area contributed by atoms with E-state index in [9.17, 15) is 4.39 Å². The number of nitrogens with two attached hydrogens (primary N) is 1. The summed E-state index contributed by atoms with van der Waals surface area (Å²) < 4.78 is 18.4. The SMILES string of the molecule is Cl.N[C@H](c1cc(F)ccc1Cl)C1CCOCC1. The van der Waals surface area contributed by atoms with Crippen molar-refractivity contribution in [3.05, 3.63) is 34.6 Å². The summed E-state index contributed by atoms with van der Waals surface area (Å²) in [5, 5.41) is 0.542. The number of halogens is 3. The Labute approximate surface area is 112 Å². The molecular weight excluding hydrogens is 264 g/mol. The van der Waals surface area contributed by atoms with Crippen molar-refractivity contribution in [1.82, 2.24) is 0 Å². The Kier molecular flexibility index (Phi) is 5.67. The molecule has 0 aliphatic carbocycles. The first-order chi connectivity index (χ1) is 7.68. The van der Waals surface area contributed by atoms with Crippen LogP contribution in [0.15, 0.2) is 18.2 Å². The molecule has 1 atom stereocenters. The predicted molar refractivity (Wildman–Crippen MR) is 69.1 cm³/mol. The third kappa shape index (κ3) is 3.55. The molecule has 1 aliphatic heterocycles. The van der Waals surface area contributed by atoms with Crippen molar-refractivity contribution in [2.75, 3.05) is 13.2 Å². The first-order valence-corrected chi connectivity index (χ1v) is 5.84. The molecule has 96 valence electrons. The van der Waals surface area contributed by atoms with Crippen LogP contribution in [0.4, 0.5) is 4.39 Å². The Hall–Kier alpha value is -0.350. The van der Waals surface area contributed by atoms with Crippen LogP contribution in [-0.4, -0.2) is 13.2 Å². The van der Waals surface area contributed by atoms with Gasteiger partial charge in [0.2, 0.25) is 0 Å². The Bertz CT molecular complexity index is 370. The molecule has 2 nitrogen and oxygen atoms in total. The van der Waals surface area contributed by atoms with Crippen molar-refractivity contribution in [1.29, 1.82) is 0 Å². The van der Waals surface area contributed by atoms with Crippen molar-refractivity contribution in [2.24, 2.45) is 11.7 Å². The Balaban J connectivity index is 0.00000144. The van der Waals surface area contributed by atoms with E-state index in [1.807, 2.05) is 0 Å². The molecule has 1 aromatic rings. The average Bonchev–Trinajstić information content (AvgIpc) is 2.32. The minimum Gasteiger partial charge on any atom is -0.381 e. The Morgan fingerprint density at radius 3 is 2.65 bits per heavy atom. The third-order valence-corrected chi connectivity index (χ3v) is 3.44. The fraction of sp³-hybridized carbons (Fsp3) is 0.500. The normalized spacial score (nSPS) is 18.5. The standard InChI is InChI=1S/C12H15ClFNO.ClH/c13-11-2-1-9(14)7-10(11)12(15)8-3-5-16-6-4-8;/h1-2,7-8,12H,3-6,15H2;1H/t12-;/m0./s1. The second-order valence-corrected chi connectivity index (χ2v) is 4.55. The van der Waals surface area contributed by atoms with Gasteiger partial charge in [0.05, 0.1) is 0 Å². The zero-order valence-electron chi connectivity index (χ0n) is 9.36. The lowest BCUT2D eigenvalue weighted by molar-refractivity contribution is 0.0583. The monoisotopic (exact) mass is 279 g/mol. The molecule has 1 fully saturated rings. The van der Waals surface area contributed by atoms with Crippen LogP contribution >= 0.6 is 24.0 Å². The van der Waals surface area contributed by atoms with E-state index in [4.69, 9.17) is 22.1 Å². The van der Waals surface area contributed by atoms with Gasteiger partial charge >= 0.3 is 0 Å². The minimum absolute atomic E-state index is 0. The van der Waals surface area contributed by atoms with E-state index in [0.717, 1.165) is 26.1 Å². The molecule has 0 aromatic heterocycles. The van der Waals surface area contributed by atoms with Crippen LogP contribution in [0.25, 0.3) is 0 Å². The van der Waals surface area contributed by atoms with Crippen molar-refractivity contribution in [2.45, 2.75) is 18.9 Å². The highest BCUT2D eigenvalue weighted by Crippen LogP contribution is 2.32. The molecular formula is C12H16Cl2FNO. The maximum atomic E-state index is 13.1. The van der Waals surface area contributed by atoms with Crippen LogP contribution < -0.4 is 5.73 Å². The summed E-state index contributed by atoms with van der Waals surface area (Å²) in [6.45, 7) is 1.45. The van der Waals surface area contributed by atoms with Crippen LogP contribution in [0.5, 0.6) is 0 Å². The Morgan fingerprint density at radius 2 is 2.00 bits per heavy atom. The molecule has 1 aliphatic rings. The number of hydrogen-bond acceptors (Lipinski definition) is 2. The summed E-state index contributed by atoms with van der Waals surface area (Å²) in [7, 11) is 0. The van der Waals surface area contributed by atoms with E-state index >= 15 is 0 Å². The molecule has 2 rings (SSSR count). The molecule has 0 radical (unpaired) electrons. The van der Waals surface area contributed by atoms with Gasteiger partial charge in [0.15, 0.2) is 0 Å². The lowest BCUT2D eigenvalue weighted by Gasteiger charge is -2.28. The number of benzene rings is 1. The summed E-state index contributed by atoms with van der Waals surface area (Å²) in [5.74, 6) is 0.0370. The van der Waals surface area contributed by atoms with Gasteiger partial charge in [-0.15, -0.1) is 12.4 Å².